The minimum Gasteiger partial charge on any atom is -0.454 e. The van der Waals surface area contributed by atoms with Crippen molar-refractivity contribution in [2.75, 3.05) is 6.61 Å². The van der Waals surface area contributed by atoms with Gasteiger partial charge in [0.25, 0.3) is 5.24 Å². The van der Waals surface area contributed by atoms with Gasteiger partial charge >= 0.3 is 12.0 Å². The molecule has 1 aliphatic carbocycles. The number of esters is 1. The summed E-state index contributed by atoms with van der Waals surface area (Å²) in [6, 6.07) is -1.05. The minimum absolute atomic E-state index is 0.0725. The van der Waals surface area contributed by atoms with Gasteiger partial charge in [-0.1, -0.05) is 22.6 Å². The largest absolute Gasteiger partial charge is 0.454 e. The predicted molar refractivity (Wildman–Crippen MR) is 130 cm³/mol. The Kier molecular flexibility index (Phi) is 10.3. The van der Waals surface area contributed by atoms with Gasteiger partial charge in [0.05, 0.1) is 16.6 Å². The molecule has 4 unspecified atom stereocenters. The van der Waals surface area contributed by atoms with Crippen LogP contribution in [0.2, 0.25) is 0 Å². The van der Waals surface area contributed by atoms with Crippen molar-refractivity contribution >= 4 is 102 Å². The van der Waals surface area contributed by atoms with Crippen molar-refractivity contribution in [1.29, 1.82) is 0 Å². The van der Waals surface area contributed by atoms with E-state index in [0.29, 0.717) is 9.15 Å². The molecule has 9 nitrogen and oxygen atoms in total. The molecule has 0 saturated heterocycles. The molecule has 0 heterocycles. The third-order valence-corrected chi connectivity index (χ3v) is 8.59. The van der Waals surface area contributed by atoms with Gasteiger partial charge in [0, 0.05) is 26.1 Å². The molecule has 0 spiro atoms. The number of carbonyl (C=O) groups is 4. The molecule has 2 amide bonds. The van der Waals surface area contributed by atoms with Gasteiger partial charge in [0.1, 0.15) is 0 Å². The van der Waals surface area contributed by atoms with Crippen LogP contribution in [0.4, 0.5) is 4.79 Å². The number of hydrogen-bond acceptors (Lipinski definition) is 7. The molecule has 29 heavy (non-hydrogen) atoms. The number of aliphatic hydroxyl groups is 2. The number of ketones is 1. The summed E-state index contributed by atoms with van der Waals surface area (Å²) in [6.45, 7) is 1.96. The van der Waals surface area contributed by atoms with Crippen LogP contribution in [0.3, 0.4) is 0 Å². The van der Waals surface area contributed by atoms with Crippen LogP contribution in [-0.4, -0.2) is 61.5 Å². The maximum atomic E-state index is 13.1. The van der Waals surface area contributed by atoms with E-state index in [0.717, 1.165) is 6.92 Å². The molecule has 1 rings (SSSR count). The number of allylic oxidation sites excluding steroid dienone is 1. The molecule has 0 aliphatic heterocycles. The van der Waals surface area contributed by atoms with Crippen molar-refractivity contribution in [3.8, 4) is 0 Å². The Bertz CT molecular complexity index is 801. The fourth-order valence-electron chi connectivity index (χ4n) is 2.72. The van der Waals surface area contributed by atoms with Crippen molar-refractivity contribution in [3.63, 3.8) is 0 Å². The molecule has 0 fully saturated rings. The van der Waals surface area contributed by atoms with Crippen molar-refractivity contribution in [1.82, 2.24) is 5.32 Å². The Labute approximate surface area is 212 Å². The van der Waals surface area contributed by atoms with E-state index < -0.39 is 51.3 Å². The summed E-state index contributed by atoms with van der Waals surface area (Å²) >= 11 is 11.4. The number of ether oxygens (including phenoxy) is 1. The highest BCUT2D eigenvalue weighted by molar-refractivity contribution is 14.1. The number of urea groups is 1. The summed E-state index contributed by atoms with van der Waals surface area (Å²) in [5.74, 6) is -1.27. The summed E-state index contributed by atoms with van der Waals surface area (Å²) in [4.78, 5) is 48.6. The van der Waals surface area contributed by atoms with E-state index in [9.17, 15) is 29.4 Å². The van der Waals surface area contributed by atoms with Crippen LogP contribution in [0, 0.1) is 0 Å². The first-order valence-electron chi connectivity index (χ1n) is 8.02. The molecule has 5 N–H and O–H groups in total. The summed E-state index contributed by atoms with van der Waals surface area (Å²) in [6.07, 6.45) is -2.48. The van der Waals surface area contributed by atoms with E-state index in [1.165, 1.54) is 6.92 Å². The van der Waals surface area contributed by atoms with Gasteiger partial charge in [-0.2, -0.15) is 0 Å². The number of alkyl halides is 1. The lowest BCUT2D eigenvalue weighted by Crippen LogP contribution is -2.63. The minimum atomic E-state index is -1.88. The van der Waals surface area contributed by atoms with Gasteiger partial charge in [-0.15, -0.1) is 0 Å². The average molecular weight is 766 g/mol. The number of halogens is 4. The van der Waals surface area contributed by atoms with Gasteiger partial charge < -0.3 is 26.0 Å². The predicted octanol–water partition coefficient (Wildman–Crippen LogP) is 1.62. The van der Waals surface area contributed by atoms with Crippen LogP contribution in [0.1, 0.15) is 20.3 Å². The average Bonchev–Trinajstić information content (AvgIpc) is 2.60. The van der Waals surface area contributed by atoms with E-state index in [-0.39, 0.29) is 15.6 Å². The lowest BCUT2D eigenvalue weighted by Gasteiger charge is -2.41. The molecule has 0 radical (unpaired) electrons. The molecule has 0 aromatic carbocycles. The Hall–Kier alpha value is -0.0400. The molecule has 1 aliphatic rings. The van der Waals surface area contributed by atoms with Gasteiger partial charge in [-0.05, 0) is 69.3 Å². The van der Waals surface area contributed by atoms with Crippen LogP contribution in [0.15, 0.2) is 18.3 Å². The molecule has 0 aromatic rings. The van der Waals surface area contributed by atoms with Crippen LogP contribution in [-0.2, 0) is 19.1 Å². The first-order chi connectivity index (χ1) is 13.3. The zero-order chi connectivity index (χ0) is 22.7. The maximum Gasteiger partial charge on any atom is 0.313 e. The number of primary amides is 1. The molecular formula is C16H18ClI3N2O7. The van der Waals surface area contributed by atoms with Gasteiger partial charge in [0.2, 0.25) is 5.78 Å². The van der Waals surface area contributed by atoms with Crippen LogP contribution in [0.5, 0.6) is 0 Å². The van der Waals surface area contributed by atoms with E-state index in [2.05, 4.69) is 5.32 Å². The highest BCUT2D eigenvalue weighted by atomic mass is 127. The van der Waals surface area contributed by atoms with Crippen molar-refractivity contribution < 1.29 is 34.1 Å². The molecular weight excluding hydrogens is 748 g/mol. The third-order valence-electron chi connectivity index (χ3n) is 4.00. The molecule has 162 valence electrons. The zero-order valence-electron chi connectivity index (χ0n) is 15.2. The summed E-state index contributed by atoms with van der Waals surface area (Å²) in [5.41, 5.74) is 3.80. The zero-order valence-corrected chi connectivity index (χ0v) is 22.4. The second-order valence-corrected chi connectivity index (χ2v) is 9.86. The first-order valence-corrected chi connectivity index (χ1v) is 11.8. The summed E-state index contributed by atoms with van der Waals surface area (Å²) < 4.78 is 4.62. The molecule has 0 aromatic heterocycles. The maximum absolute atomic E-state index is 13.1. The number of hydrogen-bond donors (Lipinski definition) is 4. The van der Waals surface area contributed by atoms with Crippen molar-refractivity contribution in [2.45, 2.75) is 41.9 Å². The number of nitrogens with two attached hydrogens (primary N) is 1. The summed E-state index contributed by atoms with van der Waals surface area (Å²) in [7, 11) is 0. The SMILES string of the molecule is CC(=O)OC(C)C(=O)C1=C(I)C(CC(O)CO)=C(I)C(NC(N)=O)(C(=O)Cl)C1I. The smallest absolute Gasteiger partial charge is 0.313 e. The first kappa shape index (κ1) is 27.0. The number of aliphatic hydroxyl groups excluding tert-OH is 2. The standard InChI is InChI=1S/C16H18ClI3N2O7/c1-5(29-6(2)24)11(26)9-10(18)8(3-7(25)4-23)12(19)16(13(9)20,14(17)27)22-15(21)28/h5,7,13,23,25H,3-4H2,1-2H3,(H3,21,22,28). The van der Waals surface area contributed by atoms with E-state index in [1.54, 1.807) is 45.2 Å². The second-order valence-electron chi connectivity index (χ2n) is 6.11. The lowest BCUT2D eigenvalue weighted by atomic mass is 9.80. The van der Waals surface area contributed by atoms with E-state index in [1.807, 2.05) is 22.6 Å². The summed E-state index contributed by atoms with van der Waals surface area (Å²) in [5, 5.41) is 20.5. The van der Waals surface area contributed by atoms with Crippen molar-refractivity contribution in [2.24, 2.45) is 5.73 Å². The Morgan fingerprint density at radius 3 is 2.31 bits per heavy atom. The normalized spacial score (nSPS) is 24.1. The monoisotopic (exact) mass is 766 g/mol. The van der Waals surface area contributed by atoms with Gasteiger partial charge in [-0.25, -0.2) is 4.79 Å². The fraction of sp³-hybridized carbons (Fsp3) is 0.500. The number of nitrogens with one attached hydrogen (secondary N) is 1. The molecule has 4 atom stereocenters. The Morgan fingerprint density at radius 1 is 1.34 bits per heavy atom. The lowest BCUT2D eigenvalue weighted by molar-refractivity contribution is -0.150. The second kappa shape index (κ2) is 11.0. The highest BCUT2D eigenvalue weighted by Gasteiger charge is 2.55. The Morgan fingerprint density at radius 2 is 1.90 bits per heavy atom. The molecule has 13 heteroatoms. The quantitative estimate of drug-likeness (QED) is 0.127. The van der Waals surface area contributed by atoms with E-state index in [4.69, 9.17) is 22.1 Å². The third kappa shape index (κ3) is 5.81. The molecule has 0 saturated carbocycles. The van der Waals surface area contributed by atoms with Crippen LogP contribution in [0.25, 0.3) is 0 Å². The van der Waals surface area contributed by atoms with Crippen LogP contribution >= 0.6 is 79.4 Å². The number of carbonyl (C=O) groups excluding carboxylic acids is 4. The molecule has 0 bridgehead atoms. The van der Waals surface area contributed by atoms with Crippen LogP contribution < -0.4 is 11.1 Å². The van der Waals surface area contributed by atoms with E-state index >= 15 is 0 Å². The fourth-order valence-corrected chi connectivity index (χ4v) is 8.64. The Balaban J connectivity index is 3.77. The number of amides is 2. The number of rotatable bonds is 8. The van der Waals surface area contributed by atoms with Gasteiger partial charge in [0.15, 0.2) is 11.6 Å². The topological polar surface area (TPSA) is 156 Å². The number of Topliss-reactive ketones (excluding diaryl/α,β-unsaturated/α-hetero) is 1. The van der Waals surface area contributed by atoms with Gasteiger partial charge in [-0.3, -0.25) is 14.4 Å². The highest BCUT2D eigenvalue weighted by Crippen LogP contribution is 2.49. The van der Waals surface area contributed by atoms with Crippen molar-refractivity contribution in [3.05, 3.63) is 18.3 Å².